The van der Waals surface area contributed by atoms with Gasteiger partial charge in [0, 0.05) is 80.9 Å². The number of para-hydroxylation sites is 1. The number of carbonyl (C=O) groups excluding carboxylic acids is 4. The molecule has 1 unspecified atom stereocenters. The Kier molecular flexibility index (Phi) is 12.8. The Morgan fingerprint density at radius 2 is 1.68 bits per heavy atom. The number of aromatic nitrogens is 4. The molecule has 2 aromatic heterocycles. The summed E-state index contributed by atoms with van der Waals surface area (Å²) in [7, 11) is 0. The number of likely N-dealkylation sites (tertiary alicyclic amines) is 1. The van der Waals surface area contributed by atoms with Crippen LogP contribution in [0.15, 0.2) is 96.2 Å². The van der Waals surface area contributed by atoms with Gasteiger partial charge in [-0.3, -0.25) is 29.4 Å². The van der Waals surface area contributed by atoms with Crippen LogP contribution in [0, 0.1) is 0 Å². The lowest BCUT2D eigenvalue weighted by molar-refractivity contribution is -0.137. The lowest BCUT2D eigenvalue weighted by atomic mass is 10.0. The van der Waals surface area contributed by atoms with Gasteiger partial charge in [-0.15, -0.1) is 11.8 Å². The van der Waals surface area contributed by atoms with Gasteiger partial charge in [-0.2, -0.15) is 5.10 Å². The van der Waals surface area contributed by atoms with Crippen molar-refractivity contribution in [2.75, 3.05) is 63.8 Å². The summed E-state index contributed by atoms with van der Waals surface area (Å²) in [4.78, 5) is 69.2. The largest absolute Gasteiger partial charge is 0.457 e. The number of anilines is 1. The Morgan fingerprint density at radius 1 is 0.889 bits per heavy atom. The lowest BCUT2D eigenvalue weighted by Gasteiger charge is -2.34. The van der Waals surface area contributed by atoms with E-state index >= 15 is 0 Å². The molecule has 3 aromatic carbocycles. The smallest absolute Gasteiger partial charge is 0.255 e. The lowest BCUT2D eigenvalue weighted by Crippen LogP contribution is -2.52. The fourth-order valence-corrected chi connectivity index (χ4v) is 10.1. The maximum Gasteiger partial charge on any atom is 0.255 e. The number of unbranched alkanes of at least 4 members (excludes halogenated alkanes) is 1. The molecule has 6 heterocycles. The average Bonchev–Trinajstić information content (AvgIpc) is 3.86. The van der Waals surface area contributed by atoms with Gasteiger partial charge in [0.2, 0.25) is 17.7 Å². The minimum absolute atomic E-state index is 0.00901. The second kappa shape index (κ2) is 19.1. The Bertz CT molecular complexity index is 2510. The standard InChI is InChI=1S/C47H52N10O5S/c48-44-42-43(32-15-17-35(18-16-32)62-34-10-2-1-3-11-34)52-57(45(42)50-31-49-44)33-9-7-23-55(29-33)41(59)14-8-22-54-26-24-53(25-27-54)21-4-5-28-63-39-13-6-12-36-37(39)30-56(47(36)61)38-19-20-40(58)51-46(38)60/h1-3,6,8,10-18,31,33,38H,4-5,7,9,19-30H2,(H2,48,49,50)(H,51,58,60)/b14-8+/t33-,38?/m1/s1. The third kappa shape index (κ3) is 9.48. The quantitative estimate of drug-likeness (QED) is 0.0619. The number of nitrogens with zero attached hydrogens (tertiary/aromatic N) is 8. The molecule has 63 heavy (non-hydrogen) atoms. The fraction of sp³-hybridized carbons (Fsp3) is 0.383. The number of rotatable bonds is 14. The summed E-state index contributed by atoms with van der Waals surface area (Å²) < 4.78 is 7.92. The number of ether oxygens (including phenoxy) is 1. The summed E-state index contributed by atoms with van der Waals surface area (Å²) in [6.07, 6.45) is 9.67. The maximum atomic E-state index is 13.5. The van der Waals surface area contributed by atoms with E-state index in [1.165, 1.54) is 6.33 Å². The second-order valence-corrected chi connectivity index (χ2v) is 17.7. The van der Waals surface area contributed by atoms with E-state index in [1.807, 2.05) is 82.4 Å². The average molecular weight is 869 g/mol. The van der Waals surface area contributed by atoms with Crippen LogP contribution in [0.1, 0.15) is 60.5 Å². The maximum absolute atomic E-state index is 13.5. The van der Waals surface area contributed by atoms with Crippen LogP contribution in [0.4, 0.5) is 5.82 Å². The van der Waals surface area contributed by atoms with Crippen LogP contribution >= 0.6 is 11.8 Å². The fourth-order valence-electron chi connectivity index (χ4n) is 9.03. The summed E-state index contributed by atoms with van der Waals surface area (Å²) in [6, 6.07) is 22.5. The molecule has 0 spiro atoms. The molecule has 3 fully saturated rings. The number of nitrogen functional groups attached to an aromatic ring is 1. The molecule has 0 bridgehead atoms. The van der Waals surface area contributed by atoms with Gasteiger partial charge < -0.3 is 25.2 Å². The monoisotopic (exact) mass is 868 g/mol. The number of amides is 4. The van der Waals surface area contributed by atoms with Crippen molar-refractivity contribution in [2.24, 2.45) is 0 Å². The number of hydrogen-bond donors (Lipinski definition) is 2. The van der Waals surface area contributed by atoms with Gasteiger partial charge in [0.25, 0.3) is 5.91 Å². The molecule has 0 aliphatic carbocycles. The zero-order valence-corrected chi connectivity index (χ0v) is 36.0. The van der Waals surface area contributed by atoms with Crippen LogP contribution < -0.4 is 15.8 Å². The summed E-state index contributed by atoms with van der Waals surface area (Å²) in [5, 5.41) is 8.13. The van der Waals surface area contributed by atoms with Gasteiger partial charge in [-0.1, -0.05) is 30.3 Å². The number of piperazine rings is 1. The van der Waals surface area contributed by atoms with Crippen LogP contribution in [0.25, 0.3) is 22.3 Å². The van der Waals surface area contributed by atoms with Crippen LogP contribution in [0.2, 0.25) is 0 Å². The predicted octanol–water partition coefficient (Wildman–Crippen LogP) is 5.54. The van der Waals surface area contributed by atoms with Crippen molar-refractivity contribution in [3.63, 3.8) is 0 Å². The SMILES string of the molecule is Nc1ncnc2c1c(-c1ccc(Oc3ccccc3)cc1)nn2[C@@H]1CCCN(C(=O)/C=C/CN2CCN(CCCCSc3cccc4c3CN(C3CCC(=O)NC3=O)C4=O)CC2)C1. The van der Waals surface area contributed by atoms with Crippen LogP contribution in [-0.2, 0) is 20.9 Å². The van der Waals surface area contributed by atoms with Gasteiger partial charge in [0.15, 0.2) is 5.65 Å². The summed E-state index contributed by atoms with van der Waals surface area (Å²) in [5.74, 6) is 2.00. The van der Waals surface area contributed by atoms with Crippen LogP contribution in [0.3, 0.4) is 0 Å². The number of fused-ring (bicyclic) bond motifs is 2. The number of piperidine rings is 2. The molecule has 4 aliphatic rings. The van der Waals surface area contributed by atoms with Gasteiger partial charge >= 0.3 is 0 Å². The topological polar surface area (TPSA) is 172 Å². The van der Waals surface area contributed by atoms with Crippen molar-refractivity contribution < 1.29 is 23.9 Å². The van der Waals surface area contributed by atoms with Crippen molar-refractivity contribution in [3.8, 4) is 22.8 Å². The highest BCUT2D eigenvalue weighted by Crippen LogP contribution is 2.36. The first kappa shape index (κ1) is 42.2. The van der Waals surface area contributed by atoms with E-state index in [9.17, 15) is 19.2 Å². The van der Waals surface area contributed by atoms with E-state index in [2.05, 4.69) is 31.2 Å². The summed E-state index contributed by atoms with van der Waals surface area (Å²) in [5.41, 5.74) is 10.3. The van der Waals surface area contributed by atoms with Gasteiger partial charge in [0.05, 0.1) is 11.4 Å². The molecule has 3 N–H and O–H groups in total. The van der Waals surface area contributed by atoms with Crippen LogP contribution in [0.5, 0.6) is 11.5 Å². The Labute approximate surface area is 370 Å². The minimum Gasteiger partial charge on any atom is -0.457 e. The predicted molar refractivity (Wildman–Crippen MR) is 241 cm³/mol. The molecule has 3 saturated heterocycles. The molecule has 2 atom stereocenters. The Hall–Kier alpha value is -6.10. The number of thioether (sulfide) groups is 1. The van der Waals surface area contributed by atoms with E-state index in [4.69, 9.17) is 15.6 Å². The molecule has 0 saturated carbocycles. The normalized spacial score (nSPS) is 19.8. The number of nitrogens with two attached hydrogens (primary N) is 1. The number of hydrogen-bond acceptors (Lipinski definition) is 12. The van der Waals surface area contributed by atoms with Gasteiger partial charge in [0.1, 0.15) is 35.4 Å². The Balaban J connectivity index is 0.716. The molecule has 5 aromatic rings. The first-order valence-electron chi connectivity index (χ1n) is 21.9. The molecule has 15 nitrogen and oxygen atoms in total. The molecular formula is C47H52N10O5S. The number of carbonyl (C=O) groups is 4. The second-order valence-electron chi connectivity index (χ2n) is 16.6. The number of imide groups is 1. The van der Waals surface area contributed by atoms with Gasteiger partial charge in [-0.25, -0.2) is 14.6 Å². The van der Waals surface area contributed by atoms with Crippen molar-refractivity contribution in [1.82, 2.24) is 44.7 Å². The zero-order chi connectivity index (χ0) is 43.3. The van der Waals surface area contributed by atoms with E-state index < -0.39 is 6.04 Å². The minimum atomic E-state index is -0.603. The zero-order valence-electron chi connectivity index (χ0n) is 35.2. The molecule has 9 rings (SSSR count). The highest BCUT2D eigenvalue weighted by atomic mass is 32.2. The number of nitrogens with one attached hydrogen (secondary N) is 1. The van der Waals surface area contributed by atoms with Crippen molar-refractivity contribution >= 4 is 52.2 Å². The van der Waals surface area contributed by atoms with E-state index in [-0.39, 0.29) is 36.1 Å². The third-order valence-corrected chi connectivity index (χ3v) is 13.6. The molecule has 16 heteroatoms. The van der Waals surface area contributed by atoms with Crippen LogP contribution in [-0.4, -0.2) is 127 Å². The van der Waals surface area contributed by atoms with E-state index in [0.717, 1.165) is 92.5 Å². The molecule has 4 aliphatic heterocycles. The van der Waals surface area contributed by atoms with E-state index in [0.29, 0.717) is 59.9 Å². The summed E-state index contributed by atoms with van der Waals surface area (Å²) in [6.45, 7) is 7.29. The number of benzene rings is 3. The van der Waals surface area contributed by atoms with Crippen molar-refractivity contribution in [1.29, 1.82) is 0 Å². The third-order valence-electron chi connectivity index (χ3n) is 12.4. The molecular weight excluding hydrogens is 817 g/mol. The first-order valence-corrected chi connectivity index (χ1v) is 22.9. The van der Waals surface area contributed by atoms with E-state index in [1.54, 1.807) is 22.7 Å². The van der Waals surface area contributed by atoms with Crippen molar-refractivity contribution in [3.05, 3.63) is 102 Å². The summed E-state index contributed by atoms with van der Waals surface area (Å²) >= 11 is 1.77. The van der Waals surface area contributed by atoms with Gasteiger partial charge in [-0.05, 0) is 98.5 Å². The molecule has 4 amide bonds. The highest BCUT2D eigenvalue weighted by Gasteiger charge is 2.40. The van der Waals surface area contributed by atoms with Crippen molar-refractivity contribution in [2.45, 2.75) is 62.0 Å². The molecule has 326 valence electrons. The first-order chi connectivity index (χ1) is 30.8. The highest BCUT2D eigenvalue weighted by molar-refractivity contribution is 7.99. The molecule has 0 radical (unpaired) electrons. The Morgan fingerprint density at radius 3 is 2.49 bits per heavy atom.